The van der Waals surface area contributed by atoms with Crippen molar-refractivity contribution in [2.24, 2.45) is 5.73 Å². The van der Waals surface area contributed by atoms with Crippen LogP contribution in [0.1, 0.15) is 16.7 Å². The zero-order valence-electron chi connectivity index (χ0n) is 10.2. The Bertz CT molecular complexity index is 391. The molecule has 1 aromatic rings. The van der Waals surface area contributed by atoms with Gasteiger partial charge in [0, 0.05) is 16.7 Å². The van der Waals surface area contributed by atoms with E-state index in [1.807, 2.05) is 6.92 Å². The molecule has 1 aromatic carbocycles. The Labute approximate surface area is 95.4 Å². The first-order valence-corrected chi connectivity index (χ1v) is 5.18. The number of hydrogen-bond acceptors (Lipinski definition) is 3. The van der Waals surface area contributed by atoms with Gasteiger partial charge >= 0.3 is 0 Å². The molecule has 0 bridgehead atoms. The Hall–Kier alpha value is -1.29. The van der Waals surface area contributed by atoms with Gasteiger partial charge in [0.25, 0.3) is 0 Å². The molecule has 0 atom stereocenters. The van der Waals surface area contributed by atoms with Crippen LogP contribution in [0.4, 0.5) is 4.39 Å². The Kier molecular flexibility index (Phi) is 4.12. The van der Waals surface area contributed by atoms with Crippen molar-refractivity contribution in [3.8, 4) is 11.5 Å². The second-order valence-electron chi connectivity index (χ2n) is 3.65. The molecule has 0 spiro atoms. The van der Waals surface area contributed by atoms with Crippen molar-refractivity contribution in [3.63, 3.8) is 0 Å². The van der Waals surface area contributed by atoms with Gasteiger partial charge in [-0.05, 0) is 26.8 Å². The van der Waals surface area contributed by atoms with Crippen LogP contribution in [0.15, 0.2) is 0 Å². The summed E-state index contributed by atoms with van der Waals surface area (Å²) in [5.41, 5.74) is 7.68. The van der Waals surface area contributed by atoms with Crippen LogP contribution in [0.3, 0.4) is 0 Å². The van der Waals surface area contributed by atoms with Crippen LogP contribution >= 0.6 is 0 Å². The van der Waals surface area contributed by atoms with Crippen molar-refractivity contribution in [1.29, 1.82) is 0 Å². The lowest BCUT2D eigenvalue weighted by atomic mass is 9.99. The van der Waals surface area contributed by atoms with E-state index in [1.54, 1.807) is 6.92 Å². The summed E-state index contributed by atoms with van der Waals surface area (Å²) >= 11 is 0. The molecule has 0 unspecified atom stereocenters. The van der Waals surface area contributed by atoms with Crippen LogP contribution in [0.5, 0.6) is 11.5 Å². The Morgan fingerprint density at radius 3 is 2.06 bits per heavy atom. The molecule has 0 saturated carbocycles. The molecule has 0 aliphatic rings. The summed E-state index contributed by atoms with van der Waals surface area (Å²) in [6.45, 7) is 3.98. The van der Waals surface area contributed by atoms with Gasteiger partial charge in [-0.2, -0.15) is 0 Å². The highest BCUT2D eigenvalue weighted by molar-refractivity contribution is 5.54. The Balaban J connectivity index is 3.50. The highest BCUT2D eigenvalue weighted by Gasteiger charge is 2.20. The zero-order valence-corrected chi connectivity index (χ0v) is 10.2. The maximum absolute atomic E-state index is 13.9. The first kappa shape index (κ1) is 12.8. The van der Waals surface area contributed by atoms with E-state index in [-0.39, 0.29) is 11.6 Å². The molecule has 0 amide bonds. The topological polar surface area (TPSA) is 44.5 Å². The summed E-state index contributed by atoms with van der Waals surface area (Å²) in [5.74, 6) is 0.487. The standard InChI is InChI=1S/C12H18FNO2/c1-7-9(5-6-14)11(15-3)8(2)10(13)12(7)16-4/h5-6,14H2,1-4H3. The summed E-state index contributed by atoms with van der Waals surface area (Å²) in [6, 6.07) is 0. The van der Waals surface area contributed by atoms with E-state index < -0.39 is 0 Å². The van der Waals surface area contributed by atoms with Crippen LogP contribution in [0, 0.1) is 19.7 Å². The summed E-state index contributed by atoms with van der Waals surface area (Å²) in [4.78, 5) is 0. The summed E-state index contributed by atoms with van der Waals surface area (Å²) < 4.78 is 24.2. The molecule has 0 aromatic heterocycles. The number of nitrogens with two attached hydrogens (primary N) is 1. The summed E-state index contributed by atoms with van der Waals surface area (Å²) in [5, 5.41) is 0. The number of ether oxygens (including phenoxy) is 2. The third-order valence-corrected chi connectivity index (χ3v) is 2.74. The van der Waals surface area contributed by atoms with Crippen molar-refractivity contribution in [2.75, 3.05) is 20.8 Å². The van der Waals surface area contributed by atoms with E-state index in [1.165, 1.54) is 14.2 Å². The average Bonchev–Trinajstić information content (AvgIpc) is 2.27. The molecule has 4 heteroatoms. The molecule has 90 valence electrons. The van der Waals surface area contributed by atoms with Gasteiger partial charge < -0.3 is 15.2 Å². The van der Waals surface area contributed by atoms with Crippen LogP contribution < -0.4 is 15.2 Å². The highest BCUT2D eigenvalue weighted by atomic mass is 19.1. The number of halogens is 1. The molecule has 0 fully saturated rings. The molecular formula is C12H18FNO2. The predicted molar refractivity (Wildman–Crippen MR) is 61.7 cm³/mol. The van der Waals surface area contributed by atoms with Crippen LogP contribution in [-0.4, -0.2) is 20.8 Å². The lowest BCUT2D eigenvalue weighted by molar-refractivity contribution is 0.367. The second-order valence-corrected chi connectivity index (χ2v) is 3.65. The smallest absolute Gasteiger partial charge is 0.171 e. The van der Waals surface area contributed by atoms with E-state index >= 15 is 0 Å². The second kappa shape index (κ2) is 5.16. The molecule has 0 saturated heterocycles. The van der Waals surface area contributed by atoms with Gasteiger partial charge in [-0.15, -0.1) is 0 Å². The molecular weight excluding hydrogens is 209 g/mol. The minimum Gasteiger partial charge on any atom is -0.496 e. The molecule has 2 N–H and O–H groups in total. The van der Waals surface area contributed by atoms with Crippen molar-refractivity contribution >= 4 is 0 Å². The lowest BCUT2D eigenvalue weighted by Gasteiger charge is -2.18. The normalized spacial score (nSPS) is 10.4. The largest absolute Gasteiger partial charge is 0.496 e. The predicted octanol–water partition coefficient (Wildman–Crippen LogP) is 1.96. The van der Waals surface area contributed by atoms with Gasteiger partial charge in [-0.25, -0.2) is 4.39 Å². The maximum atomic E-state index is 13.9. The van der Waals surface area contributed by atoms with E-state index in [0.717, 1.165) is 11.1 Å². The van der Waals surface area contributed by atoms with E-state index in [0.29, 0.717) is 24.3 Å². The van der Waals surface area contributed by atoms with E-state index in [2.05, 4.69) is 0 Å². The number of rotatable bonds is 4. The number of methoxy groups -OCH3 is 2. The quantitative estimate of drug-likeness (QED) is 0.855. The van der Waals surface area contributed by atoms with Gasteiger partial charge in [0.15, 0.2) is 11.6 Å². The number of hydrogen-bond donors (Lipinski definition) is 1. The van der Waals surface area contributed by atoms with Crippen molar-refractivity contribution in [1.82, 2.24) is 0 Å². The lowest BCUT2D eigenvalue weighted by Crippen LogP contribution is -2.09. The molecule has 3 nitrogen and oxygen atoms in total. The zero-order chi connectivity index (χ0) is 12.3. The fraction of sp³-hybridized carbons (Fsp3) is 0.500. The maximum Gasteiger partial charge on any atom is 0.171 e. The van der Waals surface area contributed by atoms with E-state index in [9.17, 15) is 4.39 Å². The average molecular weight is 227 g/mol. The minimum atomic E-state index is -0.363. The van der Waals surface area contributed by atoms with Crippen LogP contribution in [0.25, 0.3) is 0 Å². The Morgan fingerprint density at radius 2 is 1.62 bits per heavy atom. The molecule has 0 heterocycles. The highest BCUT2D eigenvalue weighted by Crippen LogP contribution is 2.36. The van der Waals surface area contributed by atoms with Gasteiger partial charge in [0.1, 0.15) is 5.75 Å². The van der Waals surface area contributed by atoms with Gasteiger partial charge in [0.2, 0.25) is 0 Å². The molecule has 16 heavy (non-hydrogen) atoms. The van der Waals surface area contributed by atoms with Crippen LogP contribution in [0.2, 0.25) is 0 Å². The third kappa shape index (κ3) is 1.97. The molecule has 0 aliphatic carbocycles. The van der Waals surface area contributed by atoms with Gasteiger partial charge in [-0.1, -0.05) is 0 Å². The summed E-state index contributed by atoms with van der Waals surface area (Å²) in [6.07, 6.45) is 0.645. The molecule has 1 rings (SSSR count). The van der Waals surface area contributed by atoms with Crippen molar-refractivity contribution in [3.05, 3.63) is 22.5 Å². The summed E-state index contributed by atoms with van der Waals surface area (Å²) in [7, 11) is 3.00. The van der Waals surface area contributed by atoms with Crippen LogP contribution in [-0.2, 0) is 6.42 Å². The Morgan fingerprint density at radius 1 is 1.06 bits per heavy atom. The third-order valence-electron chi connectivity index (χ3n) is 2.74. The fourth-order valence-corrected chi connectivity index (χ4v) is 1.93. The van der Waals surface area contributed by atoms with Crippen molar-refractivity contribution in [2.45, 2.75) is 20.3 Å². The number of benzene rings is 1. The minimum absolute atomic E-state index is 0.279. The first-order valence-electron chi connectivity index (χ1n) is 5.18. The molecule has 0 radical (unpaired) electrons. The van der Waals surface area contributed by atoms with Gasteiger partial charge in [0.05, 0.1) is 14.2 Å². The monoisotopic (exact) mass is 227 g/mol. The van der Waals surface area contributed by atoms with E-state index in [4.69, 9.17) is 15.2 Å². The van der Waals surface area contributed by atoms with Gasteiger partial charge in [-0.3, -0.25) is 0 Å². The SMILES string of the molecule is COc1c(C)c(CCN)c(OC)c(C)c1F. The first-order chi connectivity index (χ1) is 7.58. The molecule has 0 aliphatic heterocycles. The van der Waals surface area contributed by atoms with Crippen molar-refractivity contribution < 1.29 is 13.9 Å². The fourth-order valence-electron chi connectivity index (χ4n) is 1.93.